The Hall–Kier alpha value is -2.16. The lowest BCUT2D eigenvalue weighted by Gasteiger charge is -2.13. The zero-order valence-electron chi connectivity index (χ0n) is 16.0. The predicted molar refractivity (Wildman–Crippen MR) is 120 cm³/mol. The maximum atomic E-state index is 5.68. The molecule has 148 valence electrons. The molecule has 2 aromatic carbocycles. The van der Waals surface area contributed by atoms with Gasteiger partial charge < -0.3 is 24.8 Å². The molecule has 27 heavy (non-hydrogen) atoms. The summed E-state index contributed by atoms with van der Waals surface area (Å²) in [5.74, 6) is 3.26. The second-order valence-electron chi connectivity index (χ2n) is 5.55. The fraction of sp³-hybridized carbons (Fsp3) is 0.350. The third-order valence-electron chi connectivity index (χ3n) is 3.79. The maximum Gasteiger partial charge on any atom is 0.191 e. The topological polar surface area (TPSA) is 64.1 Å². The summed E-state index contributed by atoms with van der Waals surface area (Å²) in [6.45, 7) is 1.99. The molecule has 7 heteroatoms. The van der Waals surface area contributed by atoms with Crippen LogP contribution in [-0.4, -0.2) is 46.9 Å². The van der Waals surface area contributed by atoms with Crippen LogP contribution in [0.25, 0.3) is 0 Å². The highest BCUT2D eigenvalue weighted by Gasteiger charge is 2.00. The SMILES string of the molecule is CN=C(NCCOc1ccc(OC)cc1)NCCc1cccc(OC)c1.I. The Morgan fingerprint density at radius 2 is 1.56 bits per heavy atom. The summed E-state index contributed by atoms with van der Waals surface area (Å²) in [5, 5.41) is 6.53. The fourth-order valence-electron chi connectivity index (χ4n) is 2.38. The van der Waals surface area contributed by atoms with Gasteiger partial charge in [-0.05, 0) is 48.4 Å². The van der Waals surface area contributed by atoms with Crippen LogP contribution in [-0.2, 0) is 6.42 Å². The molecule has 0 aliphatic heterocycles. The number of aliphatic imine (C=N–C) groups is 1. The molecule has 0 aliphatic carbocycles. The molecule has 0 atom stereocenters. The van der Waals surface area contributed by atoms with E-state index in [-0.39, 0.29) is 24.0 Å². The Balaban J connectivity index is 0.00000364. The Morgan fingerprint density at radius 1 is 0.889 bits per heavy atom. The highest BCUT2D eigenvalue weighted by molar-refractivity contribution is 14.0. The van der Waals surface area contributed by atoms with E-state index in [2.05, 4.69) is 21.7 Å². The van der Waals surface area contributed by atoms with Gasteiger partial charge in [0.1, 0.15) is 23.9 Å². The van der Waals surface area contributed by atoms with Crippen LogP contribution >= 0.6 is 24.0 Å². The van der Waals surface area contributed by atoms with E-state index in [9.17, 15) is 0 Å². The van der Waals surface area contributed by atoms with Gasteiger partial charge in [-0.1, -0.05) is 12.1 Å². The molecule has 0 radical (unpaired) electrons. The monoisotopic (exact) mass is 485 g/mol. The van der Waals surface area contributed by atoms with Gasteiger partial charge in [0, 0.05) is 13.6 Å². The summed E-state index contributed by atoms with van der Waals surface area (Å²) >= 11 is 0. The van der Waals surface area contributed by atoms with Crippen LogP contribution in [0.2, 0.25) is 0 Å². The second-order valence-corrected chi connectivity index (χ2v) is 5.55. The van der Waals surface area contributed by atoms with Crippen molar-refractivity contribution in [2.45, 2.75) is 6.42 Å². The molecule has 0 aromatic heterocycles. The molecule has 0 bridgehead atoms. The van der Waals surface area contributed by atoms with E-state index in [1.807, 2.05) is 42.5 Å². The lowest BCUT2D eigenvalue weighted by atomic mass is 10.1. The molecule has 2 rings (SSSR count). The van der Waals surface area contributed by atoms with Crippen molar-refractivity contribution in [2.75, 3.05) is 41.0 Å². The summed E-state index contributed by atoms with van der Waals surface area (Å²) < 4.78 is 16.1. The van der Waals surface area contributed by atoms with E-state index in [4.69, 9.17) is 14.2 Å². The maximum absolute atomic E-state index is 5.68. The molecule has 0 unspecified atom stereocenters. The van der Waals surface area contributed by atoms with E-state index in [0.717, 1.165) is 36.2 Å². The van der Waals surface area contributed by atoms with Crippen molar-refractivity contribution < 1.29 is 14.2 Å². The number of guanidine groups is 1. The minimum absolute atomic E-state index is 0. The average Bonchev–Trinajstić information content (AvgIpc) is 2.70. The fourth-order valence-corrected chi connectivity index (χ4v) is 2.38. The number of hydrogen-bond donors (Lipinski definition) is 2. The van der Waals surface area contributed by atoms with E-state index in [0.29, 0.717) is 13.2 Å². The molecular weight excluding hydrogens is 457 g/mol. The van der Waals surface area contributed by atoms with Gasteiger partial charge in [0.2, 0.25) is 0 Å². The molecule has 0 spiro atoms. The van der Waals surface area contributed by atoms with Gasteiger partial charge in [0.05, 0.1) is 20.8 Å². The van der Waals surface area contributed by atoms with Gasteiger partial charge in [0.15, 0.2) is 5.96 Å². The first-order chi connectivity index (χ1) is 12.7. The number of halogens is 1. The normalized spacial score (nSPS) is 10.6. The summed E-state index contributed by atoms with van der Waals surface area (Å²) in [7, 11) is 5.08. The number of ether oxygens (including phenoxy) is 3. The van der Waals surface area contributed by atoms with Crippen molar-refractivity contribution in [3.63, 3.8) is 0 Å². The largest absolute Gasteiger partial charge is 0.497 e. The number of benzene rings is 2. The third kappa shape index (κ3) is 8.38. The zero-order valence-corrected chi connectivity index (χ0v) is 18.4. The number of methoxy groups -OCH3 is 2. The molecule has 0 saturated heterocycles. The van der Waals surface area contributed by atoms with Crippen molar-refractivity contribution in [2.24, 2.45) is 4.99 Å². The molecule has 0 heterocycles. The van der Waals surface area contributed by atoms with Crippen LogP contribution in [0.1, 0.15) is 5.56 Å². The van der Waals surface area contributed by atoms with Crippen LogP contribution in [0.15, 0.2) is 53.5 Å². The van der Waals surface area contributed by atoms with Gasteiger partial charge in [0.25, 0.3) is 0 Å². The summed E-state index contributed by atoms with van der Waals surface area (Å²) in [5.41, 5.74) is 1.22. The minimum atomic E-state index is 0. The molecular formula is C20H28IN3O3. The molecule has 0 saturated carbocycles. The lowest BCUT2D eigenvalue weighted by Crippen LogP contribution is -2.40. The highest BCUT2D eigenvalue weighted by atomic mass is 127. The van der Waals surface area contributed by atoms with Crippen LogP contribution in [0.5, 0.6) is 17.2 Å². The van der Waals surface area contributed by atoms with Gasteiger partial charge in [-0.3, -0.25) is 4.99 Å². The van der Waals surface area contributed by atoms with E-state index < -0.39 is 0 Å². The van der Waals surface area contributed by atoms with Crippen LogP contribution in [0.4, 0.5) is 0 Å². The first kappa shape index (κ1) is 22.9. The zero-order chi connectivity index (χ0) is 18.6. The van der Waals surface area contributed by atoms with Crippen LogP contribution in [0, 0.1) is 0 Å². The standard InChI is InChI=1S/C20H27N3O3.HI/c1-21-20(22-12-11-16-5-4-6-19(15-16)25-3)23-13-14-26-18-9-7-17(24-2)8-10-18;/h4-10,15H,11-14H2,1-3H3,(H2,21,22,23);1H. The third-order valence-corrected chi connectivity index (χ3v) is 3.79. The van der Waals surface area contributed by atoms with Crippen molar-refractivity contribution in [3.8, 4) is 17.2 Å². The minimum Gasteiger partial charge on any atom is -0.497 e. The molecule has 2 N–H and O–H groups in total. The number of hydrogen-bond acceptors (Lipinski definition) is 4. The summed E-state index contributed by atoms with van der Waals surface area (Å²) in [6, 6.07) is 15.6. The van der Waals surface area contributed by atoms with Crippen LogP contribution < -0.4 is 24.8 Å². The number of nitrogens with one attached hydrogen (secondary N) is 2. The Kier molecular flexibility index (Phi) is 11.1. The Morgan fingerprint density at radius 3 is 2.22 bits per heavy atom. The average molecular weight is 485 g/mol. The molecule has 6 nitrogen and oxygen atoms in total. The lowest BCUT2D eigenvalue weighted by molar-refractivity contribution is 0.321. The predicted octanol–water partition coefficient (Wildman–Crippen LogP) is 3.11. The van der Waals surface area contributed by atoms with E-state index in [1.54, 1.807) is 21.3 Å². The quantitative estimate of drug-likeness (QED) is 0.248. The summed E-state index contributed by atoms with van der Waals surface area (Å²) in [4.78, 5) is 4.22. The first-order valence-electron chi connectivity index (χ1n) is 8.59. The van der Waals surface area contributed by atoms with Crippen LogP contribution in [0.3, 0.4) is 0 Å². The van der Waals surface area contributed by atoms with E-state index in [1.165, 1.54) is 5.56 Å². The van der Waals surface area contributed by atoms with Gasteiger partial charge in [-0.2, -0.15) is 0 Å². The van der Waals surface area contributed by atoms with Gasteiger partial charge in [-0.25, -0.2) is 0 Å². The first-order valence-corrected chi connectivity index (χ1v) is 8.59. The Labute approximate surface area is 178 Å². The van der Waals surface area contributed by atoms with E-state index >= 15 is 0 Å². The van der Waals surface area contributed by atoms with Crippen molar-refractivity contribution in [3.05, 3.63) is 54.1 Å². The molecule has 2 aromatic rings. The Bertz CT molecular complexity index is 693. The van der Waals surface area contributed by atoms with Crippen molar-refractivity contribution >= 4 is 29.9 Å². The second kappa shape index (κ2) is 13.1. The smallest absolute Gasteiger partial charge is 0.191 e. The number of rotatable bonds is 9. The van der Waals surface area contributed by atoms with Gasteiger partial charge >= 0.3 is 0 Å². The number of nitrogens with zero attached hydrogens (tertiary/aromatic N) is 1. The van der Waals surface area contributed by atoms with Crippen molar-refractivity contribution in [1.29, 1.82) is 0 Å². The molecule has 0 amide bonds. The molecule has 0 aliphatic rings. The van der Waals surface area contributed by atoms with Crippen molar-refractivity contribution in [1.82, 2.24) is 10.6 Å². The van der Waals surface area contributed by atoms with Gasteiger partial charge in [-0.15, -0.1) is 24.0 Å². The highest BCUT2D eigenvalue weighted by Crippen LogP contribution is 2.16. The summed E-state index contributed by atoms with van der Waals surface area (Å²) in [6.07, 6.45) is 0.889. The molecule has 0 fully saturated rings.